The lowest BCUT2D eigenvalue weighted by Crippen LogP contribution is -2.51. The highest BCUT2D eigenvalue weighted by atomic mass is 79.9. The van der Waals surface area contributed by atoms with Gasteiger partial charge in [0.1, 0.15) is 6.61 Å². The number of allylic oxidation sites excluding steroid dienone is 1. The standard InChI is InChI=1S/C27H33BrO5S/c1-26-13-11-19(29)15-17(26)3-8-21-22-9-10-24(27(22,2)14-12-23(21)26)25(30)16-33-34(31,32)20-6-4-18(28)5-7-20/h4-7,15,21-24H,3,8-14,16H2,1-2H3/t21?,22?,23?,24?,26-,27-/m0/s1. The lowest BCUT2D eigenvalue weighted by molar-refractivity contribution is -0.132. The smallest absolute Gasteiger partial charge is 0.297 e. The van der Waals surface area contributed by atoms with Crippen LogP contribution < -0.4 is 0 Å². The average Bonchev–Trinajstić information content (AvgIpc) is 3.15. The number of fused-ring (bicyclic) bond motifs is 5. The van der Waals surface area contributed by atoms with Gasteiger partial charge in [0, 0.05) is 16.8 Å². The first-order chi connectivity index (χ1) is 16.0. The van der Waals surface area contributed by atoms with Crippen LogP contribution in [0.25, 0.3) is 0 Å². The molecule has 184 valence electrons. The van der Waals surface area contributed by atoms with E-state index in [1.165, 1.54) is 17.7 Å². The maximum atomic E-state index is 13.3. The first kappa shape index (κ1) is 24.4. The van der Waals surface area contributed by atoms with Crippen molar-refractivity contribution in [2.45, 2.75) is 70.1 Å². The zero-order valence-corrected chi connectivity index (χ0v) is 22.3. The summed E-state index contributed by atoms with van der Waals surface area (Å²) in [5.41, 5.74) is 1.36. The molecule has 0 bridgehead atoms. The van der Waals surface area contributed by atoms with Crippen molar-refractivity contribution in [3.8, 4) is 0 Å². The van der Waals surface area contributed by atoms with Gasteiger partial charge in [0.25, 0.3) is 10.1 Å². The van der Waals surface area contributed by atoms with Crippen molar-refractivity contribution in [2.75, 3.05) is 6.61 Å². The number of ketones is 2. The first-order valence-corrected chi connectivity index (χ1v) is 14.7. The Hall–Kier alpha value is -1.31. The van der Waals surface area contributed by atoms with Crippen molar-refractivity contribution in [1.29, 1.82) is 0 Å². The van der Waals surface area contributed by atoms with Crippen LogP contribution in [-0.2, 0) is 23.9 Å². The molecule has 0 saturated heterocycles. The summed E-state index contributed by atoms with van der Waals surface area (Å²) in [6, 6.07) is 6.24. The van der Waals surface area contributed by atoms with E-state index in [2.05, 4.69) is 29.8 Å². The van der Waals surface area contributed by atoms with Crippen LogP contribution in [0.2, 0.25) is 0 Å². The van der Waals surface area contributed by atoms with Crippen LogP contribution in [0.5, 0.6) is 0 Å². The van der Waals surface area contributed by atoms with E-state index in [9.17, 15) is 18.0 Å². The summed E-state index contributed by atoms with van der Waals surface area (Å²) in [6.45, 7) is 4.22. The minimum atomic E-state index is -3.97. The second-order valence-electron chi connectivity index (χ2n) is 11.3. The second kappa shape index (κ2) is 8.67. The van der Waals surface area contributed by atoms with Crippen molar-refractivity contribution >= 4 is 37.6 Å². The zero-order chi connectivity index (χ0) is 24.3. The maximum Gasteiger partial charge on any atom is 0.297 e. The number of hydrogen-bond acceptors (Lipinski definition) is 5. The van der Waals surface area contributed by atoms with Crippen molar-refractivity contribution in [3.05, 3.63) is 40.4 Å². The molecule has 0 N–H and O–H groups in total. The minimum Gasteiger partial charge on any atom is -0.297 e. The third-order valence-corrected chi connectivity index (χ3v) is 11.6. The Kier molecular flexibility index (Phi) is 6.22. The average molecular weight is 550 g/mol. The summed E-state index contributed by atoms with van der Waals surface area (Å²) in [5, 5.41) is 0. The Balaban J connectivity index is 1.30. The molecule has 0 heterocycles. The predicted octanol–water partition coefficient (Wildman–Crippen LogP) is 5.87. The molecule has 34 heavy (non-hydrogen) atoms. The van der Waals surface area contributed by atoms with Crippen LogP contribution in [0.4, 0.5) is 0 Å². The molecule has 4 aliphatic rings. The molecule has 3 saturated carbocycles. The highest BCUT2D eigenvalue weighted by Gasteiger charge is 2.60. The Labute approximate surface area is 211 Å². The van der Waals surface area contributed by atoms with Crippen LogP contribution in [0.15, 0.2) is 45.3 Å². The fraction of sp³-hybridized carbons (Fsp3) is 0.630. The molecular formula is C27H33BrO5S. The van der Waals surface area contributed by atoms with Crippen molar-refractivity contribution in [2.24, 2.45) is 34.5 Å². The van der Waals surface area contributed by atoms with E-state index in [1.807, 2.05) is 6.08 Å². The zero-order valence-electron chi connectivity index (χ0n) is 19.9. The van der Waals surface area contributed by atoms with Gasteiger partial charge < -0.3 is 0 Å². The van der Waals surface area contributed by atoms with E-state index in [4.69, 9.17) is 4.18 Å². The van der Waals surface area contributed by atoms with Gasteiger partial charge >= 0.3 is 0 Å². The molecule has 0 aliphatic heterocycles. The van der Waals surface area contributed by atoms with E-state index >= 15 is 0 Å². The lowest BCUT2D eigenvalue weighted by atomic mass is 9.46. The van der Waals surface area contributed by atoms with E-state index in [0.717, 1.165) is 49.4 Å². The quantitative estimate of drug-likeness (QED) is 0.430. The van der Waals surface area contributed by atoms with Gasteiger partial charge in [-0.3, -0.25) is 13.8 Å². The van der Waals surface area contributed by atoms with Gasteiger partial charge in [0.15, 0.2) is 11.6 Å². The van der Waals surface area contributed by atoms with Gasteiger partial charge in [0.2, 0.25) is 0 Å². The normalized spacial score (nSPS) is 37.4. The number of rotatable bonds is 5. The summed E-state index contributed by atoms with van der Waals surface area (Å²) in [4.78, 5) is 25.4. The van der Waals surface area contributed by atoms with Gasteiger partial charge in [-0.2, -0.15) is 8.42 Å². The van der Waals surface area contributed by atoms with E-state index in [-0.39, 0.29) is 33.2 Å². The lowest BCUT2D eigenvalue weighted by Gasteiger charge is -2.58. The Morgan fingerprint density at radius 2 is 1.76 bits per heavy atom. The third kappa shape index (κ3) is 3.96. The monoisotopic (exact) mass is 548 g/mol. The van der Waals surface area contributed by atoms with Crippen LogP contribution in [0.1, 0.15) is 65.2 Å². The minimum absolute atomic E-state index is 0.0600. The second-order valence-corrected chi connectivity index (χ2v) is 13.8. The number of hydrogen-bond donors (Lipinski definition) is 0. The van der Waals surface area contributed by atoms with Crippen LogP contribution in [-0.4, -0.2) is 26.6 Å². The number of benzene rings is 1. The first-order valence-electron chi connectivity index (χ1n) is 12.5. The molecular weight excluding hydrogens is 516 g/mol. The van der Waals surface area contributed by atoms with E-state index in [1.54, 1.807) is 12.1 Å². The largest absolute Gasteiger partial charge is 0.297 e. The predicted molar refractivity (Wildman–Crippen MR) is 132 cm³/mol. The molecule has 4 unspecified atom stereocenters. The van der Waals surface area contributed by atoms with E-state index < -0.39 is 16.7 Å². The van der Waals surface area contributed by atoms with Crippen LogP contribution >= 0.6 is 15.9 Å². The number of Topliss-reactive ketones (excluding diaryl/α,β-unsaturated/α-hetero) is 1. The highest BCUT2D eigenvalue weighted by Crippen LogP contribution is 2.66. The summed E-state index contributed by atoms with van der Waals surface area (Å²) in [6.07, 6.45) is 9.48. The van der Waals surface area contributed by atoms with Crippen LogP contribution in [0.3, 0.4) is 0 Å². The molecule has 5 nitrogen and oxygen atoms in total. The molecule has 0 spiro atoms. The molecule has 7 heteroatoms. The summed E-state index contributed by atoms with van der Waals surface area (Å²) in [5.74, 6) is 1.64. The fourth-order valence-corrected chi connectivity index (χ4v) is 9.13. The molecule has 1 aromatic carbocycles. The molecule has 5 rings (SSSR count). The Morgan fingerprint density at radius 1 is 1.03 bits per heavy atom. The number of halogens is 1. The van der Waals surface area contributed by atoms with Crippen molar-refractivity contribution in [1.82, 2.24) is 0 Å². The fourth-order valence-electron chi connectivity index (χ4n) is 7.99. The molecule has 0 amide bonds. The van der Waals surface area contributed by atoms with Gasteiger partial charge in [-0.15, -0.1) is 0 Å². The highest BCUT2D eigenvalue weighted by molar-refractivity contribution is 9.10. The number of carbonyl (C=O) groups is 2. The van der Waals surface area contributed by atoms with Gasteiger partial charge in [-0.25, -0.2) is 0 Å². The van der Waals surface area contributed by atoms with E-state index in [0.29, 0.717) is 24.2 Å². The maximum absolute atomic E-state index is 13.3. The topological polar surface area (TPSA) is 77.5 Å². The summed E-state index contributed by atoms with van der Waals surface area (Å²) < 4.78 is 31.2. The molecule has 6 atom stereocenters. The van der Waals surface area contributed by atoms with Gasteiger partial charge in [0.05, 0.1) is 4.90 Å². The molecule has 3 fully saturated rings. The Morgan fingerprint density at radius 3 is 2.50 bits per heavy atom. The molecule has 0 radical (unpaired) electrons. The summed E-state index contributed by atoms with van der Waals surface area (Å²) in [7, 11) is -3.97. The van der Waals surface area contributed by atoms with Crippen LogP contribution in [0, 0.1) is 34.5 Å². The van der Waals surface area contributed by atoms with Crippen molar-refractivity contribution in [3.63, 3.8) is 0 Å². The number of carbonyl (C=O) groups excluding carboxylic acids is 2. The Bertz CT molecular complexity index is 1140. The SMILES string of the molecule is C[C@]12CCC3C(CCC4=CC(=O)CC[C@@]43C)C1CCC2C(=O)COS(=O)(=O)c1ccc(Br)cc1. The third-order valence-electron chi connectivity index (χ3n) is 9.81. The molecule has 1 aromatic rings. The van der Waals surface area contributed by atoms with Crippen molar-refractivity contribution < 1.29 is 22.2 Å². The molecule has 0 aromatic heterocycles. The van der Waals surface area contributed by atoms with Gasteiger partial charge in [-0.1, -0.05) is 35.4 Å². The molecule has 4 aliphatic carbocycles. The van der Waals surface area contributed by atoms with Gasteiger partial charge in [-0.05, 0) is 104 Å². The summed E-state index contributed by atoms with van der Waals surface area (Å²) >= 11 is 3.30.